The Bertz CT molecular complexity index is 1870. The highest BCUT2D eigenvalue weighted by Gasteiger charge is 2.51. The molecule has 0 aromatic carbocycles. The first kappa shape index (κ1) is 30.1. The second-order valence-electron chi connectivity index (χ2n) is 13.6. The number of rotatable bonds is 6. The Morgan fingerprint density at radius 2 is 1.85 bits per heavy atom. The lowest BCUT2D eigenvalue weighted by molar-refractivity contribution is -0.0370. The van der Waals surface area contributed by atoms with Crippen molar-refractivity contribution in [1.82, 2.24) is 38.8 Å². The fraction of sp³-hybridized carbons (Fsp3) is 0.485. The van der Waals surface area contributed by atoms with Crippen molar-refractivity contribution < 1.29 is 9.29 Å². The van der Waals surface area contributed by atoms with Crippen LogP contribution in [0.25, 0.3) is 16.7 Å². The molecule has 11 nitrogen and oxygen atoms in total. The minimum absolute atomic E-state index is 0.00429. The van der Waals surface area contributed by atoms with Gasteiger partial charge in [-0.3, -0.25) is 9.38 Å². The number of aromatic nitrogens is 7. The largest absolute Gasteiger partial charge is 0.598 e. The molecule has 1 aliphatic carbocycles. The zero-order valence-electron chi connectivity index (χ0n) is 26.4. The van der Waals surface area contributed by atoms with Crippen molar-refractivity contribution >= 4 is 45.8 Å². The van der Waals surface area contributed by atoms with Crippen LogP contribution in [0, 0.1) is 5.41 Å². The van der Waals surface area contributed by atoms with E-state index in [1.54, 1.807) is 11.8 Å². The molecule has 8 rings (SSSR count). The summed E-state index contributed by atoms with van der Waals surface area (Å²) in [5, 5.41) is 5.67. The van der Waals surface area contributed by atoms with E-state index in [0.29, 0.717) is 0 Å². The molecule has 5 aromatic rings. The number of nitrogens with zero attached hydrogens (tertiary/aromatic N) is 8. The Morgan fingerprint density at radius 1 is 1.00 bits per heavy atom. The van der Waals surface area contributed by atoms with Crippen molar-refractivity contribution in [1.29, 1.82) is 0 Å². The Morgan fingerprint density at radius 3 is 2.65 bits per heavy atom. The van der Waals surface area contributed by atoms with E-state index in [4.69, 9.17) is 19.7 Å². The van der Waals surface area contributed by atoms with Crippen LogP contribution in [0.2, 0.25) is 0 Å². The molecule has 5 aromatic heterocycles. The van der Waals surface area contributed by atoms with Crippen LogP contribution in [0.1, 0.15) is 76.4 Å². The number of ether oxygens (including phenoxy) is 1. The van der Waals surface area contributed by atoms with Crippen LogP contribution >= 0.6 is 11.8 Å². The standard InChI is InChI=1S/C33H39N9O2S2/c1-32(2,3)46(43)39-28-22-7-6-12-34-24(22)19-33(28)10-15-40(16-11-33)31-37-21-26(30-36-14-17-41(30)31)45-25-9-13-35-29-23(25)20-38-42(29)27-8-4-5-18-44-27/h6-7,9,12-14,17,20-21,27-28,39H,4-5,8,10-11,15-16,18-19H2,1-3H3/t27?,28-,46-/m1/s1. The van der Waals surface area contributed by atoms with Gasteiger partial charge in [0.25, 0.3) is 0 Å². The van der Waals surface area contributed by atoms with Gasteiger partial charge >= 0.3 is 0 Å². The smallest absolute Gasteiger partial charge is 0.211 e. The summed E-state index contributed by atoms with van der Waals surface area (Å²) < 4.78 is 26.5. The molecular formula is C33H39N9O2S2. The first-order chi connectivity index (χ1) is 22.3. The van der Waals surface area contributed by atoms with Crippen LogP contribution in [-0.4, -0.2) is 63.1 Å². The maximum absolute atomic E-state index is 13.3. The molecule has 7 heterocycles. The zero-order chi connectivity index (χ0) is 31.5. The lowest BCUT2D eigenvalue weighted by Gasteiger charge is -2.44. The average Bonchev–Trinajstić information content (AvgIpc) is 3.79. The maximum atomic E-state index is 13.3. The molecule has 0 bridgehead atoms. The quantitative estimate of drug-likeness (QED) is 0.229. The molecule has 0 radical (unpaired) electrons. The Labute approximate surface area is 275 Å². The van der Waals surface area contributed by atoms with Gasteiger partial charge in [0.15, 0.2) is 17.5 Å². The van der Waals surface area contributed by atoms with E-state index in [0.717, 1.165) is 96.3 Å². The van der Waals surface area contributed by atoms with Crippen LogP contribution in [-0.2, 0) is 22.5 Å². The first-order valence-electron chi connectivity index (χ1n) is 16.1. The van der Waals surface area contributed by atoms with Gasteiger partial charge in [-0.2, -0.15) is 5.10 Å². The first-order valence-corrected chi connectivity index (χ1v) is 18.1. The molecule has 1 N–H and O–H groups in total. The third-order valence-corrected chi connectivity index (χ3v) is 12.3. The Kier molecular flexibility index (Phi) is 7.72. The monoisotopic (exact) mass is 657 g/mol. The molecule has 3 aliphatic rings. The number of fused-ring (bicyclic) bond motifs is 3. The predicted octanol–water partition coefficient (Wildman–Crippen LogP) is 5.66. The van der Waals surface area contributed by atoms with Crippen LogP contribution in [0.3, 0.4) is 0 Å². The van der Waals surface area contributed by atoms with Gasteiger partial charge in [0, 0.05) is 78.0 Å². The van der Waals surface area contributed by atoms with E-state index in [-0.39, 0.29) is 22.4 Å². The molecule has 240 valence electrons. The van der Waals surface area contributed by atoms with Crippen molar-refractivity contribution in [3.05, 3.63) is 66.6 Å². The fourth-order valence-corrected chi connectivity index (χ4v) is 9.08. The van der Waals surface area contributed by atoms with E-state index in [1.165, 1.54) is 5.56 Å². The predicted molar refractivity (Wildman–Crippen MR) is 179 cm³/mol. The lowest BCUT2D eigenvalue weighted by Crippen LogP contribution is -2.50. The van der Waals surface area contributed by atoms with Crippen molar-refractivity contribution in [2.75, 3.05) is 24.6 Å². The van der Waals surface area contributed by atoms with E-state index in [1.807, 2.05) is 74.8 Å². The summed E-state index contributed by atoms with van der Waals surface area (Å²) in [5.74, 6) is 0.894. The van der Waals surface area contributed by atoms with Crippen molar-refractivity contribution in [3.8, 4) is 0 Å². The average molecular weight is 658 g/mol. The second kappa shape index (κ2) is 11.8. The van der Waals surface area contributed by atoms with E-state index in [2.05, 4.69) is 30.2 Å². The number of pyridine rings is 2. The summed E-state index contributed by atoms with van der Waals surface area (Å²) >= 11 is 0.457. The molecule has 0 amide bonds. The summed E-state index contributed by atoms with van der Waals surface area (Å²) in [5.41, 5.74) is 3.98. The van der Waals surface area contributed by atoms with E-state index < -0.39 is 11.4 Å². The lowest BCUT2D eigenvalue weighted by atomic mass is 9.73. The normalized spacial score (nSPS) is 22.1. The van der Waals surface area contributed by atoms with E-state index >= 15 is 0 Å². The molecule has 46 heavy (non-hydrogen) atoms. The highest BCUT2D eigenvalue weighted by molar-refractivity contribution is 7.99. The van der Waals surface area contributed by atoms with Gasteiger partial charge in [0.1, 0.15) is 4.75 Å². The number of piperidine rings is 1. The molecule has 2 fully saturated rings. The molecule has 1 spiro atoms. The summed E-state index contributed by atoms with van der Waals surface area (Å²) in [6.07, 6.45) is 17.3. The third-order valence-electron chi connectivity index (χ3n) is 9.67. The topological polar surface area (TPSA) is 121 Å². The number of hydrogen-bond donors (Lipinski definition) is 1. The summed E-state index contributed by atoms with van der Waals surface area (Å²) in [7, 11) is 0. The minimum atomic E-state index is -1.18. The maximum Gasteiger partial charge on any atom is 0.211 e. The van der Waals surface area contributed by atoms with Gasteiger partial charge in [-0.1, -0.05) is 17.8 Å². The van der Waals surface area contributed by atoms with Gasteiger partial charge in [0.2, 0.25) is 5.95 Å². The van der Waals surface area contributed by atoms with Crippen molar-refractivity contribution in [2.24, 2.45) is 5.41 Å². The Balaban J connectivity index is 1.04. The SMILES string of the molecule is CC(C)(C)[S@@+]([O-])N[C@@H]1c2cccnc2CC12CCN(c1ncc(Sc3ccnc4c3cnn4C3CCCCO3)c3nccn13)CC2. The zero-order valence-corrected chi connectivity index (χ0v) is 28.1. The van der Waals surface area contributed by atoms with Crippen LogP contribution in [0.5, 0.6) is 0 Å². The molecule has 13 heteroatoms. The molecule has 2 aliphatic heterocycles. The van der Waals surface area contributed by atoms with Gasteiger partial charge < -0.3 is 14.2 Å². The van der Waals surface area contributed by atoms with Gasteiger partial charge in [-0.25, -0.2) is 19.6 Å². The minimum Gasteiger partial charge on any atom is -0.598 e. The van der Waals surface area contributed by atoms with Crippen LogP contribution < -0.4 is 9.62 Å². The van der Waals surface area contributed by atoms with Crippen molar-refractivity contribution in [2.45, 2.75) is 86.1 Å². The van der Waals surface area contributed by atoms with Gasteiger partial charge in [-0.05, 0) is 77.0 Å². The Hall–Kier alpha value is -3.23. The highest BCUT2D eigenvalue weighted by Crippen LogP contribution is 2.52. The van der Waals surface area contributed by atoms with Gasteiger partial charge in [0.05, 0.1) is 22.5 Å². The molecule has 2 saturated heterocycles. The third kappa shape index (κ3) is 5.26. The summed E-state index contributed by atoms with van der Waals surface area (Å²) in [6, 6.07) is 6.18. The van der Waals surface area contributed by atoms with E-state index in [9.17, 15) is 4.55 Å². The number of nitrogens with one attached hydrogen (secondary N) is 1. The molecule has 3 atom stereocenters. The molecule has 0 saturated carbocycles. The van der Waals surface area contributed by atoms with Gasteiger partial charge in [-0.15, -0.1) is 4.72 Å². The number of hydrogen-bond acceptors (Lipinski definition) is 10. The summed E-state index contributed by atoms with van der Waals surface area (Å²) in [4.78, 5) is 23.6. The van der Waals surface area contributed by atoms with Crippen LogP contribution in [0.4, 0.5) is 5.95 Å². The molecule has 1 unspecified atom stereocenters. The van der Waals surface area contributed by atoms with Crippen molar-refractivity contribution in [3.63, 3.8) is 0 Å². The number of anilines is 1. The summed E-state index contributed by atoms with van der Waals surface area (Å²) in [6.45, 7) is 8.50. The molecular weight excluding hydrogens is 619 g/mol. The fourth-order valence-electron chi connectivity index (χ4n) is 7.16. The second-order valence-corrected chi connectivity index (χ2v) is 16.7. The van der Waals surface area contributed by atoms with Crippen LogP contribution in [0.15, 0.2) is 65.2 Å². The highest BCUT2D eigenvalue weighted by atomic mass is 32.2. The number of imidazole rings is 1.